The molecule has 1 atom stereocenters. The number of nitrogens with zero attached hydrogens (tertiary/aromatic N) is 2. The lowest BCUT2D eigenvalue weighted by atomic mass is 10.0. The zero-order chi connectivity index (χ0) is 22.5. The highest BCUT2D eigenvalue weighted by atomic mass is 16.3. The number of aromatic hydroxyl groups is 1. The van der Waals surface area contributed by atoms with Crippen molar-refractivity contribution in [2.45, 2.75) is 32.9 Å². The van der Waals surface area contributed by atoms with E-state index in [-0.39, 0.29) is 17.7 Å². The molecule has 162 valence electrons. The first-order chi connectivity index (χ1) is 15.6. The first kappa shape index (κ1) is 21.4. The Morgan fingerprint density at radius 2 is 1.53 bits per heavy atom. The molecule has 0 radical (unpaired) electrons. The number of amides is 1. The molecule has 0 fully saturated rings. The van der Waals surface area contributed by atoms with E-state index in [2.05, 4.69) is 12.2 Å². The molecule has 3 aromatic carbocycles. The van der Waals surface area contributed by atoms with Crippen LogP contribution in [-0.2, 0) is 6.54 Å². The van der Waals surface area contributed by atoms with E-state index in [0.717, 1.165) is 28.9 Å². The van der Waals surface area contributed by atoms with Gasteiger partial charge in [-0.25, -0.2) is 4.98 Å². The van der Waals surface area contributed by atoms with Crippen molar-refractivity contribution in [3.05, 3.63) is 96.2 Å². The monoisotopic (exact) mass is 425 g/mol. The lowest BCUT2D eigenvalue weighted by molar-refractivity contribution is 0.0927. The average Bonchev–Trinajstić information content (AvgIpc) is 3.24. The Morgan fingerprint density at radius 3 is 2.12 bits per heavy atom. The third-order valence-electron chi connectivity index (χ3n) is 5.59. The summed E-state index contributed by atoms with van der Waals surface area (Å²) in [4.78, 5) is 18.6. The first-order valence-corrected chi connectivity index (χ1v) is 10.9. The number of aromatic nitrogens is 2. The second-order valence-electron chi connectivity index (χ2n) is 7.63. The molecule has 0 spiro atoms. The molecule has 32 heavy (non-hydrogen) atoms. The van der Waals surface area contributed by atoms with Gasteiger partial charge in [0.2, 0.25) is 0 Å². The van der Waals surface area contributed by atoms with Crippen LogP contribution >= 0.6 is 0 Å². The number of hydrogen-bond donors (Lipinski definition) is 2. The fourth-order valence-corrected chi connectivity index (χ4v) is 3.95. The van der Waals surface area contributed by atoms with Gasteiger partial charge in [0.15, 0.2) is 0 Å². The molecule has 5 heteroatoms. The van der Waals surface area contributed by atoms with E-state index in [1.807, 2.05) is 72.2 Å². The third kappa shape index (κ3) is 4.28. The largest absolute Gasteiger partial charge is 0.508 e. The van der Waals surface area contributed by atoms with Crippen molar-refractivity contribution >= 4 is 5.91 Å². The Morgan fingerprint density at radius 1 is 0.906 bits per heavy atom. The summed E-state index contributed by atoms with van der Waals surface area (Å²) in [5, 5.41) is 12.9. The SMILES string of the molecule is CCC(NC(=O)c1c(-c2ccc(O)cc2)nc(-c2ccccc2)n1CC)c1ccccc1. The molecule has 0 bridgehead atoms. The minimum Gasteiger partial charge on any atom is -0.508 e. The molecule has 2 N–H and O–H groups in total. The number of imidazole rings is 1. The zero-order valence-electron chi connectivity index (χ0n) is 18.3. The fraction of sp³-hybridized carbons (Fsp3) is 0.185. The molecule has 1 heterocycles. The average molecular weight is 426 g/mol. The Kier molecular flexibility index (Phi) is 6.36. The van der Waals surface area contributed by atoms with Crippen molar-refractivity contribution in [3.8, 4) is 28.4 Å². The van der Waals surface area contributed by atoms with Gasteiger partial charge in [-0.05, 0) is 43.2 Å². The number of hydrogen-bond acceptors (Lipinski definition) is 3. The van der Waals surface area contributed by atoms with Crippen molar-refractivity contribution in [1.29, 1.82) is 0 Å². The minimum absolute atomic E-state index is 0.100. The van der Waals surface area contributed by atoms with Crippen LogP contribution in [0.5, 0.6) is 5.75 Å². The molecule has 0 saturated carbocycles. The summed E-state index contributed by atoms with van der Waals surface area (Å²) < 4.78 is 1.96. The highest BCUT2D eigenvalue weighted by molar-refractivity contribution is 5.99. The van der Waals surface area contributed by atoms with E-state index < -0.39 is 0 Å². The summed E-state index contributed by atoms with van der Waals surface area (Å²) in [7, 11) is 0. The molecule has 1 amide bonds. The van der Waals surface area contributed by atoms with Crippen LogP contribution in [-0.4, -0.2) is 20.6 Å². The number of rotatable bonds is 7. The number of phenolic OH excluding ortho intramolecular Hbond substituents is 1. The predicted octanol–water partition coefficient (Wildman–Crippen LogP) is 5.82. The summed E-state index contributed by atoms with van der Waals surface area (Å²) in [5.74, 6) is 0.752. The Labute approximate surface area is 188 Å². The molecule has 4 aromatic rings. The van der Waals surface area contributed by atoms with Crippen molar-refractivity contribution in [2.75, 3.05) is 0 Å². The summed E-state index contributed by atoms with van der Waals surface area (Å²) in [6.07, 6.45) is 0.774. The van der Waals surface area contributed by atoms with E-state index in [1.165, 1.54) is 0 Å². The standard InChI is InChI=1S/C27H27N3O2/c1-3-23(19-11-7-5-8-12-19)28-27(32)25-24(20-15-17-22(31)18-16-20)29-26(30(25)4-2)21-13-9-6-10-14-21/h5-18,23,31H,3-4H2,1-2H3,(H,28,32). The van der Waals surface area contributed by atoms with Gasteiger partial charge < -0.3 is 15.0 Å². The fourth-order valence-electron chi connectivity index (χ4n) is 3.95. The van der Waals surface area contributed by atoms with Crippen molar-refractivity contribution in [3.63, 3.8) is 0 Å². The Balaban J connectivity index is 1.82. The normalized spacial score (nSPS) is 11.8. The molecule has 0 saturated heterocycles. The second-order valence-corrected chi connectivity index (χ2v) is 7.63. The van der Waals surface area contributed by atoms with Gasteiger partial charge in [-0.3, -0.25) is 4.79 Å². The molecule has 0 aliphatic heterocycles. The van der Waals surface area contributed by atoms with Crippen molar-refractivity contribution < 1.29 is 9.90 Å². The zero-order valence-corrected chi connectivity index (χ0v) is 18.3. The number of phenols is 1. The number of carbonyl (C=O) groups is 1. The Hall–Kier alpha value is -3.86. The lowest BCUT2D eigenvalue weighted by Gasteiger charge is -2.19. The van der Waals surface area contributed by atoms with Crippen LogP contribution in [0.2, 0.25) is 0 Å². The topological polar surface area (TPSA) is 67.2 Å². The molecular weight excluding hydrogens is 398 g/mol. The van der Waals surface area contributed by atoms with Gasteiger partial charge in [-0.15, -0.1) is 0 Å². The van der Waals surface area contributed by atoms with Gasteiger partial charge in [-0.2, -0.15) is 0 Å². The van der Waals surface area contributed by atoms with Crippen LogP contribution in [0.25, 0.3) is 22.6 Å². The minimum atomic E-state index is -0.166. The van der Waals surface area contributed by atoms with E-state index in [9.17, 15) is 9.90 Å². The number of nitrogens with one attached hydrogen (secondary N) is 1. The summed E-state index contributed by atoms with van der Waals surface area (Å²) in [6, 6.07) is 26.6. The van der Waals surface area contributed by atoms with Crippen LogP contribution in [0.3, 0.4) is 0 Å². The van der Waals surface area contributed by atoms with E-state index in [0.29, 0.717) is 17.9 Å². The maximum atomic E-state index is 13.7. The number of carbonyl (C=O) groups excluding carboxylic acids is 1. The highest BCUT2D eigenvalue weighted by Crippen LogP contribution is 2.31. The molecule has 0 aliphatic rings. The quantitative estimate of drug-likeness (QED) is 0.392. The van der Waals surface area contributed by atoms with Crippen molar-refractivity contribution in [2.24, 2.45) is 0 Å². The molecule has 0 aliphatic carbocycles. The van der Waals surface area contributed by atoms with E-state index in [1.54, 1.807) is 24.3 Å². The lowest BCUT2D eigenvalue weighted by Crippen LogP contribution is -2.30. The third-order valence-corrected chi connectivity index (χ3v) is 5.59. The maximum absolute atomic E-state index is 13.7. The molecular formula is C27H27N3O2. The van der Waals surface area contributed by atoms with Crippen LogP contribution in [0, 0.1) is 0 Å². The molecule has 1 aromatic heterocycles. The van der Waals surface area contributed by atoms with Crippen LogP contribution in [0.15, 0.2) is 84.9 Å². The van der Waals surface area contributed by atoms with Crippen LogP contribution in [0.4, 0.5) is 0 Å². The molecule has 4 rings (SSSR count). The van der Waals surface area contributed by atoms with Crippen LogP contribution in [0.1, 0.15) is 42.4 Å². The van der Waals surface area contributed by atoms with E-state index in [4.69, 9.17) is 4.98 Å². The maximum Gasteiger partial charge on any atom is 0.270 e. The van der Waals surface area contributed by atoms with Gasteiger partial charge in [-0.1, -0.05) is 67.6 Å². The summed E-state index contributed by atoms with van der Waals surface area (Å²) >= 11 is 0. The molecule has 1 unspecified atom stereocenters. The molecule has 5 nitrogen and oxygen atoms in total. The van der Waals surface area contributed by atoms with Gasteiger partial charge in [0.1, 0.15) is 23.0 Å². The smallest absolute Gasteiger partial charge is 0.270 e. The Bertz CT molecular complexity index is 1180. The van der Waals surface area contributed by atoms with Gasteiger partial charge in [0, 0.05) is 17.7 Å². The first-order valence-electron chi connectivity index (χ1n) is 10.9. The van der Waals surface area contributed by atoms with Crippen LogP contribution < -0.4 is 5.32 Å². The van der Waals surface area contributed by atoms with Gasteiger partial charge in [0.25, 0.3) is 5.91 Å². The second kappa shape index (κ2) is 9.52. The van der Waals surface area contributed by atoms with Crippen molar-refractivity contribution in [1.82, 2.24) is 14.9 Å². The van der Waals surface area contributed by atoms with Gasteiger partial charge >= 0.3 is 0 Å². The van der Waals surface area contributed by atoms with Gasteiger partial charge in [0.05, 0.1) is 6.04 Å². The summed E-state index contributed by atoms with van der Waals surface area (Å²) in [6.45, 7) is 4.67. The highest BCUT2D eigenvalue weighted by Gasteiger charge is 2.26. The predicted molar refractivity (Wildman–Crippen MR) is 127 cm³/mol. The number of benzene rings is 3. The summed E-state index contributed by atoms with van der Waals surface area (Å²) in [5.41, 5.74) is 3.92. The van der Waals surface area contributed by atoms with E-state index >= 15 is 0 Å².